The van der Waals surface area contributed by atoms with Gasteiger partial charge in [-0.05, 0) is 43.5 Å². The highest BCUT2D eigenvalue weighted by atomic mass is 16.1. The van der Waals surface area contributed by atoms with Crippen molar-refractivity contribution in [1.82, 2.24) is 9.97 Å². The summed E-state index contributed by atoms with van der Waals surface area (Å²) in [7, 11) is 0. The predicted molar refractivity (Wildman–Crippen MR) is 106 cm³/mol. The Bertz CT molecular complexity index is 710. The number of carbonyl (C=O) groups is 1. The summed E-state index contributed by atoms with van der Waals surface area (Å²) in [6.45, 7) is 5.25. The Morgan fingerprint density at radius 2 is 1.88 bits per heavy atom. The first kappa shape index (κ1) is 18.2. The van der Waals surface area contributed by atoms with E-state index in [1.165, 1.54) is 37.7 Å². The molecule has 0 atom stereocenters. The Morgan fingerprint density at radius 3 is 2.62 bits per heavy atom. The zero-order valence-corrected chi connectivity index (χ0v) is 15.4. The molecule has 3 rings (SSSR count). The Balaban J connectivity index is 1.57. The molecule has 1 aromatic heterocycles. The summed E-state index contributed by atoms with van der Waals surface area (Å²) in [5, 5.41) is 6.14. The monoisotopic (exact) mass is 353 g/mol. The summed E-state index contributed by atoms with van der Waals surface area (Å²) < 4.78 is 0. The van der Waals surface area contributed by atoms with Gasteiger partial charge >= 0.3 is 0 Å². The molecular formula is C20H27N5O. The molecule has 138 valence electrons. The van der Waals surface area contributed by atoms with Gasteiger partial charge in [-0.1, -0.05) is 19.8 Å². The maximum Gasteiger partial charge on any atom is 0.274 e. The number of nitrogens with one attached hydrogen (secondary N) is 2. The van der Waals surface area contributed by atoms with Crippen LogP contribution in [0.3, 0.4) is 0 Å². The third-order valence-corrected chi connectivity index (χ3v) is 4.58. The number of aromatic nitrogens is 2. The number of amides is 1. The van der Waals surface area contributed by atoms with Crippen LogP contribution in [0.25, 0.3) is 0 Å². The smallest absolute Gasteiger partial charge is 0.274 e. The average Bonchev–Trinajstić information content (AvgIpc) is 3.21. The van der Waals surface area contributed by atoms with E-state index in [9.17, 15) is 4.79 Å². The van der Waals surface area contributed by atoms with Gasteiger partial charge in [-0.15, -0.1) is 0 Å². The minimum absolute atomic E-state index is 0.224. The minimum atomic E-state index is -0.224. The molecule has 0 radical (unpaired) electrons. The number of hydrogen-bond acceptors (Lipinski definition) is 5. The van der Waals surface area contributed by atoms with Crippen LogP contribution in [0.1, 0.15) is 49.5 Å². The number of carbonyl (C=O) groups excluding carboxylic acids is 1. The number of nitrogens with zero attached hydrogens (tertiary/aromatic N) is 3. The first-order valence-corrected chi connectivity index (χ1v) is 9.48. The highest BCUT2D eigenvalue weighted by Gasteiger charge is 2.13. The summed E-state index contributed by atoms with van der Waals surface area (Å²) in [5.41, 5.74) is 2.34. The van der Waals surface area contributed by atoms with Crippen molar-refractivity contribution in [3.8, 4) is 0 Å². The lowest BCUT2D eigenvalue weighted by Crippen LogP contribution is -2.18. The van der Waals surface area contributed by atoms with Gasteiger partial charge in [-0.3, -0.25) is 4.79 Å². The summed E-state index contributed by atoms with van der Waals surface area (Å²) in [4.78, 5) is 23.1. The Labute approximate surface area is 155 Å². The molecule has 1 aliphatic rings. The van der Waals surface area contributed by atoms with E-state index >= 15 is 0 Å². The van der Waals surface area contributed by atoms with E-state index in [-0.39, 0.29) is 5.91 Å². The Kier molecular flexibility index (Phi) is 6.41. The van der Waals surface area contributed by atoms with Crippen molar-refractivity contribution in [3.63, 3.8) is 0 Å². The molecule has 0 bridgehead atoms. The van der Waals surface area contributed by atoms with Gasteiger partial charge in [-0.2, -0.15) is 0 Å². The van der Waals surface area contributed by atoms with Crippen molar-refractivity contribution in [2.75, 3.05) is 35.2 Å². The van der Waals surface area contributed by atoms with Crippen LogP contribution in [-0.2, 0) is 0 Å². The van der Waals surface area contributed by atoms with Gasteiger partial charge in [0, 0.05) is 37.1 Å². The molecule has 2 heterocycles. The first-order chi connectivity index (χ1) is 12.8. The molecule has 1 aliphatic heterocycles. The van der Waals surface area contributed by atoms with E-state index in [1.807, 2.05) is 12.1 Å². The van der Waals surface area contributed by atoms with Crippen LogP contribution in [0.4, 0.5) is 17.2 Å². The molecule has 2 N–H and O–H groups in total. The lowest BCUT2D eigenvalue weighted by Gasteiger charge is -2.17. The van der Waals surface area contributed by atoms with Gasteiger partial charge in [-0.25, -0.2) is 9.97 Å². The molecular weight excluding hydrogens is 326 g/mol. The van der Waals surface area contributed by atoms with E-state index in [2.05, 4.69) is 44.6 Å². The van der Waals surface area contributed by atoms with Gasteiger partial charge in [0.25, 0.3) is 5.91 Å². The summed E-state index contributed by atoms with van der Waals surface area (Å²) in [6, 6.07) is 9.69. The SMILES string of the molecule is CCCCCNc1cc(C(=O)Nc2ccc(N3CCCC3)cc2)ncn1. The molecule has 26 heavy (non-hydrogen) atoms. The largest absolute Gasteiger partial charge is 0.372 e. The van der Waals surface area contributed by atoms with Crippen molar-refractivity contribution < 1.29 is 4.79 Å². The maximum absolute atomic E-state index is 12.4. The Hall–Kier alpha value is -2.63. The van der Waals surface area contributed by atoms with E-state index in [4.69, 9.17) is 0 Å². The van der Waals surface area contributed by atoms with Crippen LogP contribution in [-0.4, -0.2) is 35.5 Å². The molecule has 1 fully saturated rings. The van der Waals surface area contributed by atoms with Gasteiger partial charge < -0.3 is 15.5 Å². The zero-order valence-electron chi connectivity index (χ0n) is 15.4. The summed E-state index contributed by atoms with van der Waals surface area (Å²) in [6.07, 6.45) is 7.37. The van der Waals surface area contributed by atoms with Crippen molar-refractivity contribution >= 4 is 23.1 Å². The summed E-state index contributed by atoms with van der Waals surface area (Å²) in [5.74, 6) is 0.462. The quantitative estimate of drug-likeness (QED) is 0.704. The molecule has 0 saturated carbocycles. The Morgan fingerprint density at radius 1 is 1.12 bits per heavy atom. The normalized spacial score (nSPS) is 13.7. The molecule has 6 heteroatoms. The van der Waals surface area contributed by atoms with E-state index in [1.54, 1.807) is 6.07 Å². The van der Waals surface area contributed by atoms with Gasteiger partial charge in [0.05, 0.1) is 0 Å². The molecule has 0 spiro atoms. The number of anilines is 3. The predicted octanol–water partition coefficient (Wildman–Crippen LogP) is 3.93. The lowest BCUT2D eigenvalue weighted by molar-refractivity contribution is 0.102. The van der Waals surface area contributed by atoms with Crippen LogP contribution in [0, 0.1) is 0 Å². The average molecular weight is 353 g/mol. The number of unbranched alkanes of at least 4 members (excludes halogenated alkanes) is 2. The van der Waals surface area contributed by atoms with Crippen molar-refractivity contribution in [3.05, 3.63) is 42.4 Å². The van der Waals surface area contributed by atoms with Crippen LogP contribution in [0.5, 0.6) is 0 Å². The highest BCUT2D eigenvalue weighted by molar-refractivity contribution is 6.03. The van der Waals surface area contributed by atoms with Crippen molar-refractivity contribution in [2.24, 2.45) is 0 Å². The molecule has 0 aliphatic carbocycles. The molecule has 1 aromatic carbocycles. The third kappa shape index (κ3) is 4.94. The topological polar surface area (TPSA) is 70.2 Å². The molecule has 1 saturated heterocycles. The molecule has 2 aromatic rings. The van der Waals surface area contributed by atoms with E-state index < -0.39 is 0 Å². The van der Waals surface area contributed by atoms with Gasteiger partial charge in [0.2, 0.25) is 0 Å². The number of benzene rings is 1. The fourth-order valence-electron chi connectivity index (χ4n) is 3.10. The van der Waals surface area contributed by atoms with Crippen LogP contribution < -0.4 is 15.5 Å². The number of rotatable bonds is 8. The van der Waals surface area contributed by atoms with Crippen LogP contribution in [0.2, 0.25) is 0 Å². The first-order valence-electron chi connectivity index (χ1n) is 9.48. The molecule has 6 nitrogen and oxygen atoms in total. The fraction of sp³-hybridized carbons (Fsp3) is 0.450. The van der Waals surface area contributed by atoms with Crippen molar-refractivity contribution in [1.29, 1.82) is 0 Å². The summed E-state index contributed by atoms with van der Waals surface area (Å²) >= 11 is 0. The third-order valence-electron chi connectivity index (χ3n) is 4.58. The second kappa shape index (κ2) is 9.17. The molecule has 0 unspecified atom stereocenters. The zero-order chi connectivity index (χ0) is 18.2. The van der Waals surface area contributed by atoms with E-state index in [0.717, 1.165) is 31.7 Å². The molecule has 1 amide bonds. The van der Waals surface area contributed by atoms with Crippen molar-refractivity contribution in [2.45, 2.75) is 39.0 Å². The fourth-order valence-corrected chi connectivity index (χ4v) is 3.10. The second-order valence-corrected chi connectivity index (χ2v) is 6.62. The second-order valence-electron chi connectivity index (χ2n) is 6.62. The van der Waals surface area contributed by atoms with E-state index in [0.29, 0.717) is 11.5 Å². The lowest BCUT2D eigenvalue weighted by atomic mass is 10.2. The van der Waals surface area contributed by atoms with Gasteiger partial charge in [0.1, 0.15) is 17.8 Å². The minimum Gasteiger partial charge on any atom is -0.372 e. The van der Waals surface area contributed by atoms with Crippen LogP contribution >= 0.6 is 0 Å². The highest BCUT2D eigenvalue weighted by Crippen LogP contribution is 2.22. The van der Waals surface area contributed by atoms with Crippen LogP contribution in [0.15, 0.2) is 36.7 Å². The number of hydrogen-bond donors (Lipinski definition) is 2. The van der Waals surface area contributed by atoms with Gasteiger partial charge in [0.15, 0.2) is 0 Å². The maximum atomic E-state index is 12.4. The standard InChI is InChI=1S/C20H27N5O/c1-2-3-4-11-21-19-14-18(22-15-23-19)20(26)24-16-7-9-17(10-8-16)25-12-5-6-13-25/h7-10,14-15H,2-6,11-13H2,1H3,(H,24,26)(H,21,22,23).